The molecule has 1 atom stereocenters. The average molecular weight is 255 g/mol. The average Bonchev–Trinajstić information content (AvgIpc) is 2.79. The van der Waals surface area contributed by atoms with Gasteiger partial charge in [0.2, 0.25) is 0 Å². The van der Waals surface area contributed by atoms with Crippen molar-refractivity contribution in [2.45, 2.75) is 12.1 Å². The summed E-state index contributed by atoms with van der Waals surface area (Å²) in [5, 5.41) is 21.7. The first kappa shape index (κ1) is 12.4. The van der Waals surface area contributed by atoms with Gasteiger partial charge in [-0.15, -0.1) is 0 Å². The molecule has 0 saturated carbocycles. The molecule has 1 aliphatic carbocycles. The number of hydrogen-bond donors (Lipinski definition) is 3. The van der Waals surface area contributed by atoms with E-state index >= 15 is 0 Å². The van der Waals surface area contributed by atoms with E-state index in [4.69, 9.17) is 5.11 Å². The topological polar surface area (TPSA) is 52.5 Å². The van der Waals surface area contributed by atoms with Crippen molar-refractivity contribution in [2.24, 2.45) is 0 Å². The molecule has 0 bridgehead atoms. The maximum atomic E-state index is 9.50. The molecule has 1 aliphatic rings. The fourth-order valence-corrected chi connectivity index (χ4v) is 2.69. The molecule has 3 rings (SSSR count). The quantitative estimate of drug-likeness (QED) is 0.779. The molecule has 2 aromatic carbocycles. The Morgan fingerprint density at radius 1 is 0.947 bits per heavy atom. The van der Waals surface area contributed by atoms with Crippen molar-refractivity contribution in [3.63, 3.8) is 0 Å². The number of fused-ring (bicyclic) bond motifs is 3. The van der Waals surface area contributed by atoms with Crippen LogP contribution in [0.2, 0.25) is 0 Å². The van der Waals surface area contributed by atoms with E-state index in [1.807, 2.05) is 24.3 Å². The van der Waals surface area contributed by atoms with E-state index in [0.29, 0.717) is 6.54 Å². The van der Waals surface area contributed by atoms with Crippen molar-refractivity contribution in [1.29, 1.82) is 0 Å². The van der Waals surface area contributed by atoms with E-state index in [9.17, 15) is 5.11 Å². The van der Waals surface area contributed by atoms with Crippen molar-refractivity contribution in [3.8, 4) is 11.1 Å². The molecular weight excluding hydrogens is 238 g/mol. The van der Waals surface area contributed by atoms with E-state index in [1.165, 1.54) is 22.3 Å². The highest BCUT2D eigenvalue weighted by Crippen LogP contribution is 2.42. The minimum Gasteiger partial charge on any atom is -0.394 e. The Morgan fingerprint density at radius 3 is 2.00 bits per heavy atom. The number of aliphatic hydroxyl groups excluding tert-OH is 2. The number of nitrogens with one attached hydrogen (secondary N) is 1. The molecule has 19 heavy (non-hydrogen) atoms. The largest absolute Gasteiger partial charge is 0.394 e. The first-order valence-electron chi connectivity index (χ1n) is 6.52. The summed E-state index contributed by atoms with van der Waals surface area (Å²) < 4.78 is 0. The van der Waals surface area contributed by atoms with Crippen LogP contribution in [0.5, 0.6) is 0 Å². The van der Waals surface area contributed by atoms with Crippen LogP contribution in [0, 0.1) is 0 Å². The van der Waals surface area contributed by atoms with Gasteiger partial charge in [0.25, 0.3) is 0 Å². The van der Waals surface area contributed by atoms with Crippen LogP contribution in [0.4, 0.5) is 0 Å². The van der Waals surface area contributed by atoms with E-state index in [0.717, 1.165) is 0 Å². The predicted octanol–water partition coefficient (Wildman–Crippen LogP) is 1.70. The highest BCUT2D eigenvalue weighted by atomic mass is 16.3. The fourth-order valence-electron chi connectivity index (χ4n) is 2.69. The van der Waals surface area contributed by atoms with Crippen LogP contribution < -0.4 is 5.32 Å². The summed E-state index contributed by atoms with van der Waals surface area (Å²) in [4.78, 5) is 0. The second kappa shape index (κ2) is 5.13. The third-order valence-electron chi connectivity index (χ3n) is 3.60. The molecule has 0 radical (unpaired) electrons. The van der Waals surface area contributed by atoms with Gasteiger partial charge < -0.3 is 15.5 Å². The van der Waals surface area contributed by atoms with Crippen LogP contribution in [-0.4, -0.2) is 29.5 Å². The summed E-state index contributed by atoms with van der Waals surface area (Å²) in [6, 6.07) is 16.7. The minimum atomic E-state index is -0.722. The molecule has 0 heterocycles. The highest BCUT2D eigenvalue weighted by molar-refractivity contribution is 5.78. The molecule has 0 aliphatic heterocycles. The standard InChI is InChI=1S/C16H17NO2/c18-10-11(19)9-17-16-14-7-3-1-5-12(14)13-6-2-4-8-15(13)16/h1-8,11,16-19H,9-10H2. The van der Waals surface area contributed by atoms with Crippen LogP contribution >= 0.6 is 0 Å². The van der Waals surface area contributed by atoms with Gasteiger partial charge in [-0.05, 0) is 22.3 Å². The zero-order valence-corrected chi connectivity index (χ0v) is 10.6. The lowest BCUT2D eigenvalue weighted by Gasteiger charge is -2.17. The predicted molar refractivity (Wildman–Crippen MR) is 74.8 cm³/mol. The van der Waals surface area contributed by atoms with Crippen molar-refractivity contribution < 1.29 is 10.2 Å². The van der Waals surface area contributed by atoms with Crippen LogP contribution in [0.25, 0.3) is 11.1 Å². The van der Waals surface area contributed by atoms with Gasteiger partial charge in [0, 0.05) is 6.54 Å². The fraction of sp³-hybridized carbons (Fsp3) is 0.250. The maximum Gasteiger partial charge on any atom is 0.0895 e. The van der Waals surface area contributed by atoms with Gasteiger partial charge in [-0.1, -0.05) is 48.5 Å². The molecule has 0 amide bonds. The van der Waals surface area contributed by atoms with Crippen LogP contribution in [0.15, 0.2) is 48.5 Å². The lowest BCUT2D eigenvalue weighted by Crippen LogP contribution is -2.32. The number of hydrogen-bond acceptors (Lipinski definition) is 3. The molecule has 0 spiro atoms. The molecule has 0 aromatic heterocycles. The molecule has 0 saturated heterocycles. The zero-order chi connectivity index (χ0) is 13.2. The van der Waals surface area contributed by atoms with Crippen molar-refractivity contribution >= 4 is 0 Å². The van der Waals surface area contributed by atoms with Gasteiger partial charge in [-0.3, -0.25) is 0 Å². The van der Waals surface area contributed by atoms with Gasteiger partial charge in [-0.2, -0.15) is 0 Å². The van der Waals surface area contributed by atoms with Gasteiger partial charge in [-0.25, -0.2) is 0 Å². The lowest BCUT2D eigenvalue weighted by atomic mass is 10.1. The Hall–Kier alpha value is -1.68. The maximum absolute atomic E-state index is 9.50. The first-order chi connectivity index (χ1) is 9.31. The molecule has 3 heteroatoms. The van der Waals surface area contributed by atoms with E-state index in [2.05, 4.69) is 29.6 Å². The Balaban J connectivity index is 1.96. The molecule has 3 nitrogen and oxygen atoms in total. The molecule has 98 valence electrons. The summed E-state index contributed by atoms with van der Waals surface area (Å²) in [7, 11) is 0. The molecule has 3 N–H and O–H groups in total. The van der Waals surface area contributed by atoms with Gasteiger partial charge in [0.1, 0.15) is 0 Å². The van der Waals surface area contributed by atoms with Crippen LogP contribution in [0.3, 0.4) is 0 Å². The van der Waals surface area contributed by atoms with Crippen LogP contribution in [0.1, 0.15) is 17.2 Å². The van der Waals surface area contributed by atoms with Crippen molar-refractivity contribution in [3.05, 3.63) is 59.7 Å². The normalized spacial score (nSPS) is 15.1. The number of benzene rings is 2. The van der Waals surface area contributed by atoms with Gasteiger partial charge in [0.15, 0.2) is 0 Å². The highest BCUT2D eigenvalue weighted by Gasteiger charge is 2.27. The third-order valence-corrected chi connectivity index (χ3v) is 3.60. The summed E-state index contributed by atoms with van der Waals surface area (Å²) in [5.41, 5.74) is 4.95. The smallest absolute Gasteiger partial charge is 0.0895 e. The third kappa shape index (κ3) is 2.16. The van der Waals surface area contributed by atoms with Crippen molar-refractivity contribution in [2.75, 3.05) is 13.2 Å². The molecular formula is C16H17NO2. The number of rotatable bonds is 4. The lowest BCUT2D eigenvalue weighted by molar-refractivity contribution is 0.0930. The summed E-state index contributed by atoms with van der Waals surface area (Å²) in [5.74, 6) is 0. The minimum absolute atomic E-state index is 0.0913. The Labute approximate surface area is 112 Å². The number of aliphatic hydroxyl groups is 2. The second-order valence-electron chi connectivity index (χ2n) is 4.85. The van der Waals surface area contributed by atoms with E-state index in [1.54, 1.807) is 0 Å². The zero-order valence-electron chi connectivity index (χ0n) is 10.6. The Morgan fingerprint density at radius 2 is 1.47 bits per heavy atom. The van der Waals surface area contributed by atoms with E-state index < -0.39 is 6.10 Å². The summed E-state index contributed by atoms with van der Waals surface area (Å²) in [6.45, 7) is 0.160. The Kier molecular flexibility index (Phi) is 3.34. The SMILES string of the molecule is OCC(O)CNC1c2ccccc2-c2ccccc21. The van der Waals surface area contributed by atoms with Gasteiger partial charge in [0.05, 0.1) is 18.8 Å². The Bertz CT molecular complexity index is 537. The molecule has 0 fully saturated rings. The second-order valence-corrected chi connectivity index (χ2v) is 4.85. The van der Waals surface area contributed by atoms with Crippen LogP contribution in [-0.2, 0) is 0 Å². The monoisotopic (exact) mass is 255 g/mol. The van der Waals surface area contributed by atoms with E-state index in [-0.39, 0.29) is 12.6 Å². The summed E-state index contributed by atoms with van der Waals surface area (Å²) in [6.07, 6.45) is -0.722. The summed E-state index contributed by atoms with van der Waals surface area (Å²) >= 11 is 0. The molecule has 2 aromatic rings. The van der Waals surface area contributed by atoms with Gasteiger partial charge >= 0.3 is 0 Å². The van der Waals surface area contributed by atoms with Crippen molar-refractivity contribution in [1.82, 2.24) is 5.32 Å². The first-order valence-corrected chi connectivity index (χ1v) is 6.52. The molecule has 1 unspecified atom stereocenters.